The van der Waals surface area contributed by atoms with Crippen molar-refractivity contribution in [2.24, 2.45) is 0 Å². The maximum absolute atomic E-state index is 13.7. The molecule has 7 heteroatoms. The summed E-state index contributed by atoms with van der Waals surface area (Å²) >= 11 is 0. The van der Waals surface area contributed by atoms with Gasteiger partial charge in [-0.2, -0.15) is 0 Å². The van der Waals surface area contributed by atoms with Crippen molar-refractivity contribution in [3.63, 3.8) is 0 Å². The van der Waals surface area contributed by atoms with Crippen LogP contribution in [0, 0.1) is 5.82 Å². The summed E-state index contributed by atoms with van der Waals surface area (Å²) in [6, 6.07) is 21.3. The van der Waals surface area contributed by atoms with Crippen LogP contribution in [0.2, 0.25) is 0 Å². The predicted molar refractivity (Wildman–Crippen MR) is 121 cm³/mol. The van der Waals surface area contributed by atoms with Gasteiger partial charge >= 0.3 is 0 Å². The lowest BCUT2D eigenvalue weighted by molar-refractivity contribution is 0.0915. The number of hydrogen-bond donors (Lipinski definition) is 1. The molecule has 33 heavy (non-hydrogen) atoms. The number of amides is 1. The minimum Gasteiger partial charge on any atom is -0.497 e. The first kappa shape index (κ1) is 22.4. The summed E-state index contributed by atoms with van der Waals surface area (Å²) in [6.45, 7) is 1.87. The van der Waals surface area contributed by atoms with Crippen LogP contribution < -0.4 is 10.1 Å². The van der Waals surface area contributed by atoms with Crippen LogP contribution >= 0.6 is 0 Å². The number of ether oxygens (including phenoxy) is 1. The number of furan rings is 2. The number of nitrogens with one attached hydrogen (secondary N) is 1. The van der Waals surface area contributed by atoms with Gasteiger partial charge in [0.05, 0.1) is 26.5 Å². The van der Waals surface area contributed by atoms with E-state index < -0.39 is 0 Å². The Morgan fingerprint density at radius 3 is 2.48 bits per heavy atom. The molecule has 0 spiro atoms. The highest BCUT2D eigenvalue weighted by molar-refractivity contribution is 5.91. The Bertz CT molecular complexity index is 1170. The highest BCUT2D eigenvalue weighted by Crippen LogP contribution is 2.19. The van der Waals surface area contributed by atoms with Gasteiger partial charge in [-0.15, -0.1) is 0 Å². The van der Waals surface area contributed by atoms with Gasteiger partial charge < -0.3 is 18.9 Å². The summed E-state index contributed by atoms with van der Waals surface area (Å²) in [5, 5.41) is 2.77. The van der Waals surface area contributed by atoms with Crippen LogP contribution in [0.1, 0.15) is 33.2 Å². The second-order valence-electron chi connectivity index (χ2n) is 7.65. The van der Waals surface area contributed by atoms with Crippen molar-refractivity contribution in [2.75, 3.05) is 7.11 Å². The third kappa shape index (κ3) is 6.33. The molecule has 170 valence electrons. The third-order valence-corrected chi connectivity index (χ3v) is 5.13. The molecule has 0 saturated carbocycles. The average Bonchev–Trinajstić information content (AvgIpc) is 3.50. The highest BCUT2D eigenvalue weighted by atomic mass is 19.1. The Labute approximate surface area is 191 Å². The fourth-order valence-corrected chi connectivity index (χ4v) is 3.52. The lowest BCUT2D eigenvalue weighted by atomic mass is 10.1. The molecule has 1 amide bonds. The molecule has 0 bridgehead atoms. The molecule has 0 radical (unpaired) electrons. The zero-order valence-corrected chi connectivity index (χ0v) is 18.3. The summed E-state index contributed by atoms with van der Waals surface area (Å²) in [5.41, 5.74) is 1.93. The first-order chi connectivity index (χ1) is 16.1. The molecule has 0 saturated heterocycles. The van der Waals surface area contributed by atoms with Gasteiger partial charge in [0.1, 0.15) is 23.1 Å². The van der Waals surface area contributed by atoms with Crippen molar-refractivity contribution >= 4 is 5.91 Å². The van der Waals surface area contributed by atoms with Crippen LogP contribution in [0.5, 0.6) is 5.75 Å². The van der Waals surface area contributed by atoms with Crippen LogP contribution in [0.4, 0.5) is 4.39 Å². The van der Waals surface area contributed by atoms with Crippen molar-refractivity contribution in [3.05, 3.63) is 113 Å². The van der Waals surface area contributed by atoms with Crippen LogP contribution in [-0.2, 0) is 26.2 Å². The average molecular weight is 448 g/mol. The number of carbonyl (C=O) groups excluding carboxylic acids is 1. The predicted octanol–water partition coefficient (Wildman–Crippen LogP) is 5.15. The Morgan fingerprint density at radius 1 is 0.939 bits per heavy atom. The van der Waals surface area contributed by atoms with Crippen molar-refractivity contribution in [3.8, 4) is 5.75 Å². The second kappa shape index (κ2) is 10.7. The van der Waals surface area contributed by atoms with E-state index in [4.69, 9.17) is 13.6 Å². The van der Waals surface area contributed by atoms with Crippen molar-refractivity contribution in [2.45, 2.75) is 26.2 Å². The van der Waals surface area contributed by atoms with Gasteiger partial charge in [-0.3, -0.25) is 9.69 Å². The molecule has 0 unspecified atom stereocenters. The quantitative estimate of drug-likeness (QED) is 0.363. The number of benzene rings is 2. The van der Waals surface area contributed by atoms with Gasteiger partial charge in [0.25, 0.3) is 5.91 Å². The molecule has 0 atom stereocenters. The normalized spacial score (nSPS) is 11.0. The van der Waals surface area contributed by atoms with Crippen molar-refractivity contribution in [1.29, 1.82) is 0 Å². The third-order valence-electron chi connectivity index (χ3n) is 5.13. The van der Waals surface area contributed by atoms with E-state index in [1.54, 1.807) is 43.7 Å². The number of nitrogens with zero attached hydrogens (tertiary/aromatic N) is 1. The molecular formula is C26H25FN2O4. The molecule has 2 aromatic carbocycles. The molecule has 1 N–H and O–H groups in total. The first-order valence-corrected chi connectivity index (χ1v) is 10.6. The first-order valence-electron chi connectivity index (χ1n) is 10.6. The molecule has 4 rings (SSSR count). The van der Waals surface area contributed by atoms with E-state index in [0.29, 0.717) is 31.2 Å². The summed E-state index contributed by atoms with van der Waals surface area (Å²) < 4.78 is 30.0. The number of carbonyl (C=O) groups is 1. The van der Waals surface area contributed by atoms with E-state index in [2.05, 4.69) is 10.2 Å². The summed E-state index contributed by atoms with van der Waals surface area (Å²) in [4.78, 5) is 14.5. The maximum Gasteiger partial charge on any atom is 0.287 e. The lowest BCUT2D eigenvalue weighted by Gasteiger charge is -2.22. The van der Waals surface area contributed by atoms with Crippen LogP contribution in [0.25, 0.3) is 0 Å². The Hall–Kier alpha value is -3.84. The summed E-state index contributed by atoms with van der Waals surface area (Å²) in [6.07, 6.45) is 1.56. The summed E-state index contributed by atoms with van der Waals surface area (Å²) in [5.74, 6) is 1.73. The minimum absolute atomic E-state index is 0.228. The van der Waals surface area contributed by atoms with Crippen molar-refractivity contribution < 1.29 is 22.8 Å². The molecule has 0 fully saturated rings. The van der Waals surface area contributed by atoms with E-state index >= 15 is 0 Å². The molecular weight excluding hydrogens is 423 g/mol. The van der Waals surface area contributed by atoms with Gasteiger partial charge in [0.15, 0.2) is 5.76 Å². The van der Waals surface area contributed by atoms with Gasteiger partial charge in [-0.05, 0) is 59.7 Å². The molecule has 0 aliphatic rings. The number of hydrogen-bond acceptors (Lipinski definition) is 5. The molecule has 0 aliphatic heterocycles. The monoisotopic (exact) mass is 448 g/mol. The number of rotatable bonds is 10. The Morgan fingerprint density at radius 2 is 1.76 bits per heavy atom. The van der Waals surface area contributed by atoms with Crippen LogP contribution in [0.3, 0.4) is 0 Å². The largest absolute Gasteiger partial charge is 0.497 e. The standard InChI is InChI=1S/C26H25FN2O4/c1-31-22-9-7-19(8-10-22)16-29(17-20-4-2-5-21(27)14-20)18-24-11-12-25(33-24)26(30)28-15-23-6-3-13-32-23/h2-14H,15-18H2,1H3,(H,28,30). The zero-order chi connectivity index (χ0) is 23.0. The van der Waals surface area contributed by atoms with Gasteiger partial charge in [-0.25, -0.2) is 4.39 Å². The van der Waals surface area contributed by atoms with E-state index in [1.165, 1.54) is 12.1 Å². The molecule has 6 nitrogen and oxygen atoms in total. The molecule has 4 aromatic rings. The van der Waals surface area contributed by atoms with E-state index in [-0.39, 0.29) is 24.0 Å². The number of halogens is 1. The van der Waals surface area contributed by atoms with Crippen LogP contribution in [-0.4, -0.2) is 17.9 Å². The van der Waals surface area contributed by atoms with Gasteiger partial charge in [0.2, 0.25) is 0 Å². The SMILES string of the molecule is COc1ccc(CN(Cc2cccc(F)c2)Cc2ccc(C(=O)NCc3ccco3)o2)cc1. The fourth-order valence-electron chi connectivity index (χ4n) is 3.52. The van der Waals surface area contributed by atoms with Crippen LogP contribution in [0.15, 0.2) is 87.9 Å². The number of methoxy groups -OCH3 is 1. The van der Waals surface area contributed by atoms with E-state index in [9.17, 15) is 9.18 Å². The maximum atomic E-state index is 13.7. The second-order valence-corrected chi connectivity index (χ2v) is 7.65. The molecule has 2 aromatic heterocycles. The van der Waals surface area contributed by atoms with Gasteiger partial charge in [-0.1, -0.05) is 24.3 Å². The lowest BCUT2D eigenvalue weighted by Crippen LogP contribution is -2.23. The van der Waals surface area contributed by atoms with E-state index in [0.717, 1.165) is 16.9 Å². The smallest absolute Gasteiger partial charge is 0.287 e. The molecule has 2 heterocycles. The zero-order valence-electron chi connectivity index (χ0n) is 18.3. The highest BCUT2D eigenvalue weighted by Gasteiger charge is 2.15. The Balaban J connectivity index is 1.45. The topological polar surface area (TPSA) is 67.8 Å². The fraction of sp³-hybridized carbons (Fsp3) is 0.192. The minimum atomic E-state index is -0.315. The Kier molecular flexibility index (Phi) is 7.22. The van der Waals surface area contributed by atoms with E-state index in [1.807, 2.05) is 30.3 Å². The van der Waals surface area contributed by atoms with Crippen molar-refractivity contribution in [1.82, 2.24) is 10.2 Å². The summed E-state index contributed by atoms with van der Waals surface area (Å²) in [7, 11) is 1.63. The molecule has 0 aliphatic carbocycles. The van der Waals surface area contributed by atoms with Gasteiger partial charge in [0, 0.05) is 13.1 Å².